The van der Waals surface area contributed by atoms with Gasteiger partial charge in [-0.3, -0.25) is 14.5 Å². The fourth-order valence-corrected chi connectivity index (χ4v) is 6.50. The number of ether oxygens (including phenoxy) is 2. The first-order valence-corrected chi connectivity index (χ1v) is 14.1. The van der Waals surface area contributed by atoms with E-state index >= 15 is 0 Å². The summed E-state index contributed by atoms with van der Waals surface area (Å²) in [4.78, 5) is 43.7. The van der Waals surface area contributed by atoms with Crippen LogP contribution in [0.25, 0.3) is 0 Å². The number of Topliss-reactive ketones (excluding diaryl/α,β-unsaturated/α-hetero) is 1. The quantitative estimate of drug-likeness (QED) is 0.290. The highest BCUT2D eigenvalue weighted by atomic mass is 32.1. The van der Waals surface area contributed by atoms with Crippen molar-refractivity contribution in [2.45, 2.75) is 32.1 Å². The molecule has 0 bridgehead atoms. The van der Waals surface area contributed by atoms with Gasteiger partial charge >= 0.3 is 11.9 Å². The Morgan fingerprint density at radius 3 is 2.34 bits per heavy atom. The molecule has 2 N–H and O–H groups in total. The molecular formula is C31H28F2N2O5S. The van der Waals surface area contributed by atoms with Crippen LogP contribution < -0.4 is 10.6 Å². The minimum Gasteiger partial charge on any atom is -0.465 e. The number of allylic oxidation sites excluding steroid dienone is 2. The maximum absolute atomic E-state index is 14.6. The van der Waals surface area contributed by atoms with Crippen molar-refractivity contribution in [2.24, 2.45) is 11.7 Å². The van der Waals surface area contributed by atoms with Gasteiger partial charge in [0.2, 0.25) is 0 Å². The van der Waals surface area contributed by atoms with E-state index in [-0.39, 0.29) is 47.9 Å². The van der Waals surface area contributed by atoms with Gasteiger partial charge in [0, 0.05) is 22.1 Å². The molecule has 10 heteroatoms. The number of esters is 2. The van der Waals surface area contributed by atoms with Gasteiger partial charge < -0.3 is 15.2 Å². The van der Waals surface area contributed by atoms with Crippen LogP contribution >= 0.6 is 11.3 Å². The SMILES string of the molecule is CCOC(=O)C1=C(N)N(c2cccc(F)c2)C2=C(C(=O)[C@H](C(=O)OCC)[C@@H](c3cccs3)C2)[C@@H]1c1cccc(F)c1. The van der Waals surface area contributed by atoms with E-state index in [0.29, 0.717) is 5.70 Å². The van der Waals surface area contributed by atoms with Gasteiger partial charge in [0.25, 0.3) is 0 Å². The minimum absolute atomic E-state index is 0.0111. The van der Waals surface area contributed by atoms with Crippen LogP contribution in [0.2, 0.25) is 0 Å². The lowest BCUT2D eigenvalue weighted by Gasteiger charge is -2.43. The number of halogens is 2. The zero-order chi connectivity index (χ0) is 29.3. The van der Waals surface area contributed by atoms with Crippen molar-refractivity contribution in [1.29, 1.82) is 0 Å². The second-order valence-electron chi connectivity index (χ2n) is 9.60. The average molecular weight is 579 g/mol. The molecule has 212 valence electrons. The molecule has 2 heterocycles. The lowest BCUT2D eigenvalue weighted by Crippen LogP contribution is -2.46. The van der Waals surface area contributed by atoms with Gasteiger partial charge in [-0.15, -0.1) is 11.3 Å². The summed E-state index contributed by atoms with van der Waals surface area (Å²) < 4.78 is 39.8. The molecule has 0 fully saturated rings. The molecule has 1 aromatic heterocycles. The number of rotatable bonds is 7. The number of carbonyl (C=O) groups excluding carboxylic acids is 3. The van der Waals surface area contributed by atoms with E-state index in [1.807, 2.05) is 17.5 Å². The topological polar surface area (TPSA) is 98.9 Å². The molecule has 2 aromatic carbocycles. The van der Waals surface area contributed by atoms with E-state index in [1.54, 1.807) is 26.0 Å². The van der Waals surface area contributed by atoms with Crippen molar-refractivity contribution < 1.29 is 32.6 Å². The van der Waals surface area contributed by atoms with Crippen molar-refractivity contribution in [3.05, 3.63) is 111 Å². The Labute approximate surface area is 239 Å². The highest BCUT2D eigenvalue weighted by Crippen LogP contribution is 2.52. The molecule has 0 unspecified atom stereocenters. The molecule has 1 aliphatic heterocycles. The molecule has 3 aromatic rings. The van der Waals surface area contributed by atoms with Gasteiger partial charge in [0.05, 0.1) is 30.4 Å². The number of nitrogens with zero attached hydrogens (tertiary/aromatic N) is 1. The molecule has 0 saturated carbocycles. The second kappa shape index (κ2) is 11.7. The van der Waals surface area contributed by atoms with Crippen LogP contribution in [0.15, 0.2) is 88.7 Å². The van der Waals surface area contributed by atoms with E-state index in [4.69, 9.17) is 15.2 Å². The van der Waals surface area contributed by atoms with Gasteiger partial charge in [0.1, 0.15) is 23.4 Å². The molecular weight excluding hydrogens is 550 g/mol. The summed E-state index contributed by atoms with van der Waals surface area (Å²) in [7, 11) is 0. The van der Waals surface area contributed by atoms with Gasteiger partial charge in [-0.25, -0.2) is 13.6 Å². The summed E-state index contributed by atoms with van der Waals surface area (Å²) in [5, 5.41) is 1.85. The van der Waals surface area contributed by atoms with E-state index in [9.17, 15) is 23.2 Å². The smallest absolute Gasteiger partial charge is 0.338 e. The van der Waals surface area contributed by atoms with E-state index in [0.717, 1.165) is 4.88 Å². The minimum atomic E-state index is -1.22. The van der Waals surface area contributed by atoms with Gasteiger partial charge in [-0.05, 0) is 67.6 Å². The van der Waals surface area contributed by atoms with E-state index in [1.165, 1.54) is 52.6 Å². The number of benzene rings is 2. The highest BCUT2D eigenvalue weighted by Gasteiger charge is 2.51. The van der Waals surface area contributed by atoms with Gasteiger partial charge in [0.15, 0.2) is 5.78 Å². The molecule has 0 spiro atoms. The summed E-state index contributed by atoms with van der Waals surface area (Å²) >= 11 is 1.39. The summed E-state index contributed by atoms with van der Waals surface area (Å²) in [6.07, 6.45) is 0.143. The third-order valence-electron chi connectivity index (χ3n) is 7.23. The van der Waals surface area contributed by atoms with Gasteiger partial charge in [-0.1, -0.05) is 24.3 Å². The number of hydrogen-bond donors (Lipinski definition) is 1. The van der Waals surface area contributed by atoms with Crippen molar-refractivity contribution in [3.8, 4) is 0 Å². The monoisotopic (exact) mass is 578 g/mol. The highest BCUT2D eigenvalue weighted by molar-refractivity contribution is 7.10. The maximum Gasteiger partial charge on any atom is 0.338 e. The van der Waals surface area contributed by atoms with Gasteiger partial charge in [-0.2, -0.15) is 0 Å². The number of carbonyl (C=O) groups is 3. The third kappa shape index (κ3) is 5.15. The van der Waals surface area contributed by atoms with Crippen LogP contribution in [-0.4, -0.2) is 30.9 Å². The van der Waals surface area contributed by atoms with Crippen LogP contribution in [0.5, 0.6) is 0 Å². The van der Waals surface area contributed by atoms with Crippen molar-refractivity contribution in [2.75, 3.05) is 18.1 Å². The maximum atomic E-state index is 14.6. The molecule has 1 aliphatic carbocycles. The normalized spacial score (nSPS) is 20.6. The predicted octanol–water partition coefficient (Wildman–Crippen LogP) is 5.55. The van der Waals surface area contributed by atoms with E-state index < -0.39 is 47.1 Å². The Morgan fingerprint density at radius 2 is 1.71 bits per heavy atom. The molecule has 41 heavy (non-hydrogen) atoms. The lowest BCUT2D eigenvalue weighted by molar-refractivity contribution is -0.152. The Kier molecular flexibility index (Phi) is 8.03. The van der Waals surface area contributed by atoms with Crippen molar-refractivity contribution in [1.82, 2.24) is 0 Å². The lowest BCUT2D eigenvalue weighted by atomic mass is 9.68. The molecule has 0 saturated heterocycles. The zero-order valence-corrected chi connectivity index (χ0v) is 23.3. The first-order valence-electron chi connectivity index (χ1n) is 13.2. The second-order valence-corrected chi connectivity index (χ2v) is 10.6. The molecule has 7 nitrogen and oxygen atoms in total. The van der Waals surface area contributed by atoms with Crippen molar-refractivity contribution in [3.63, 3.8) is 0 Å². The number of anilines is 1. The molecule has 0 radical (unpaired) electrons. The molecule has 0 amide bonds. The number of hydrogen-bond acceptors (Lipinski definition) is 8. The molecule has 3 atom stereocenters. The fraction of sp³-hybridized carbons (Fsp3) is 0.258. The zero-order valence-electron chi connectivity index (χ0n) is 22.4. The molecule has 2 aliphatic rings. The number of thiophene rings is 1. The molecule has 5 rings (SSSR count). The first-order chi connectivity index (χ1) is 19.8. The number of nitrogens with two attached hydrogens (primary N) is 1. The Bertz CT molecular complexity index is 1570. The first kappa shape index (κ1) is 28.2. The van der Waals surface area contributed by atoms with E-state index in [2.05, 4.69) is 0 Å². The van der Waals surface area contributed by atoms with Crippen LogP contribution in [0, 0.1) is 17.6 Å². The predicted molar refractivity (Wildman–Crippen MR) is 150 cm³/mol. The summed E-state index contributed by atoms with van der Waals surface area (Å²) in [6, 6.07) is 14.8. The summed E-state index contributed by atoms with van der Waals surface area (Å²) in [5.41, 5.74) is 7.65. The summed E-state index contributed by atoms with van der Waals surface area (Å²) in [5.74, 6) is -6.27. The average Bonchev–Trinajstić information content (AvgIpc) is 3.47. The largest absolute Gasteiger partial charge is 0.465 e. The third-order valence-corrected chi connectivity index (χ3v) is 8.24. The van der Waals surface area contributed by atoms with Crippen LogP contribution in [0.4, 0.5) is 14.5 Å². The number of ketones is 1. The fourth-order valence-electron chi connectivity index (χ4n) is 5.64. The van der Waals surface area contributed by atoms with Crippen LogP contribution in [0.3, 0.4) is 0 Å². The van der Waals surface area contributed by atoms with Crippen molar-refractivity contribution >= 4 is 34.7 Å². The van der Waals surface area contributed by atoms with Crippen LogP contribution in [-0.2, 0) is 23.9 Å². The van der Waals surface area contributed by atoms with Crippen LogP contribution in [0.1, 0.15) is 42.5 Å². The Balaban J connectivity index is 1.82. The summed E-state index contributed by atoms with van der Waals surface area (Å²) in [6.45, 7) is 3.35. The Hall–Kier alpha value is -4.31. The Morgan fingerprint density at radius 1 is 1.00 bits per heavy atom. The standard InChI is InChI=1S/C31H28F2N2O5S/c1-3-39-30(37)25-21(23-12-7-13-41-23)16-22-26(28(25)36)24(17-8-5-9-18(32)14-17)27(31(38)40-4-2)29(34)35(22)20-11-6-10-19(33)15-20/h5-15,21,24-25H,3-4,16,34H2,1-2H3/t21-,24+,25-/m1/s1.